The van der Waals surface area contributed by atoms with Crippen LogP contribution < -0.4 is 0 Å². The zero-order valence-electron chi connectivity index (χ0n) is 9.99. The maximum absolute atomic E-state index is 2.72. The first kappa shape index (κ1) is 11.0. The lowest BCUT2D eigenvalue weighted by Crippen LogP contribution is -2.49. The summed E-state index contributed by atoms with van der Waals surface area (Å²) >= 11 is 0. The average Bonchev–Trinajstić information content (AvgIpc) is 2.32. The highest BCUT2D eigenvalue weighted by molar-refractivity contribution is 4.86. The zero-order chi connectivity index (χ0) is 10.5. The van der Waals surface area contributed by atoms with Gasteiger partial charge in [-0.25, -0.2) is 0 Å². The normalized spacial score (nSPS) is 26.3. The van der Waals surface area contributed by atoms with Crippen molar-refractivity contribution in [2.24, 2.45) is 0 Å². The molecule has 2 heteroatoms. The van der Waals surface area contributed by atoms with E-state index in [2.05, 4.69) is 29.0 Å². The van der Waals surface area contributed by atoms with E-state index in [-0.39, 0.29) is 0 Å². The largest absolute Gasteiger partial charge is 0.375 e. The number of hydrogen-bond donors (Lipinski definition) is 0. The van der Waals surface area contributed by atoms with Crippen molar-refractivity contribution in [3.8, 4) is 0 Å². The number of allylic oxidation sites excluding steroid dienone is 1. The summed E-state index contributed by atoms with van der Waals surface area (Å²) < 4.78 is 0. The van der Waals surface area contributed by atoms with E-state index in [0.29, 0.717) is 0 Å². The molecule has 1 saturated heterocycles. The molecule has 15 heavy (non-hydrogen) atoms. The minimum absolute atomic E-state index is 0.909. The Morgan fingerprint density at radius 1 is 0.933 bits per heavy atom. The molecule has 2 rings (SSSR count). The van der Waals surface area contributed by atoms with Gasteiger partial charge >= 0.3 is 0 Å². The van der Waals surface area contributed by atoms with Gasteiger partial charge < -0.3 is 4.90 Å². The van der Waals surface area contributed by atoms with Gasteiger partial charge in [0.15, 0.2) is 0 Å². The molecule has 0 radical (unpaired) electrons. The fourth-order valence-corrected chi connectivity index (χ4v) is 2.91. The third kappa shape index (κ3) is 2.97. The Balaban J connectivity index is 1.77. The fraction of sp³-hybridized carbons (Fsp3) is 0.846. The molecule has 0 bridgehead atoms. The van der Waals surface area contributed by atoms with Crippen molar-refractivity contribution < 1.29 is 0 Å². The number of piperazine rings is 1. The molecule has 0 N–H and O–H groups in total. The van der Waals surface area contributed by atoms with Gasteiger partial charge in [-0.15, -0.1) is 0 Å². The zero-order valence-corrected chi connectivity index (χ0v) is 9.99. The predicted molar refractivity (Wildman–Crippen MR) is 64.8 cm³/mol. The fourth-order valence-electron chi connectivity index (χ4n) is 2.91. The standard InChI is InChI=1S/C13H24N2/c1-2-8-14-9-11-15(12-10-14)13-6-4-3-5-7-13/h2,8,13H,3-7,9-12H2,1H3. The van der Waals surface area contributed by atoms with Crippen molar-refractivity contribution in [1.29, 1.82) is 0 Å². The Labute approximate surface area is 93.9 Å². The monoisotopic (exact) mass is 208 g/mol. The van der Waals surface area contributed by atoms with Gasteiger partial charge in [0.05, 0.1) is 0 Å². The van der Waals surface area contributed by atoms with E-state index in [1.54, 1.807) is 0 Å². The minimum Gasteiger partial charge on any atom is -0.375 e. The second kappa shape index (κ2) is 5.55. The Morgan fingerprint density at radius 3 is 2.20 bits per heavy atom. The van der Waals surface area contributed by atoms with Crippen molar-refractivity contribution in [2.45, 2.75) is 45.1 Å². The van der Waals surface area contributed by atoms with Crippen LogP contribution in [0, 0.1) is 0 Å². The van der Waals surface area contributed by atoms with Gasteiger partial charge in [-0.2, -0.15) is 0 Å². The average molecular weight is 208 g/mol. The second-order valence-corrected chi connectivity index (χ2v) is 4.85. The lowest BCUT2D eigenvalue weighted by Gasteiger charge is -2.40. The summed E-state index contributed by atoms with van der Waals surface area (Å²) in [6, 6.07) is 0.909. The summed E-state index contributed by atoms with van der Waals surface area (Å²) in [4.78, 5) is 5.17. The van der Waals surface area contributed by atoms with E-state index in [1.807, 2.05) is 0 Å². The molecule has 0 aromatic carbocycles. The highest BCUT2D eigenvalue weighted by atomic mass is 15.3. The Bertz CT molecular complexity index is 199. The SMILES string of the molecule is CC=CN1CCN(C2CCCCC2)CC1. The molecule has 0 spiro atoms. The van der Waals surface area contributed by atoms with Crippen LogP contribution in [0.15, 0.2) is 12.3 Å². The molecule has 1 heterocycles. The van der Waals surface area contributed by atoms with E-state index < -0.39 is 0 Å². The van der Waals surface area contributed by atoms with Crippen LogP contribution in [0.1, 0.15) is 39.0 Å². The van der Waals surface area contributed by atoms with E-state index in [1.165, 1.54) is 58.3 Å². The first-order valence-electron chi connectivity index (χ1n) is 6.51. The van der Waals surface area contributed by atoms with Crippen LogP contribution in [0.5, 0.6) is 0 Å². The molecule has 0 aromatic rings. The molecule has 1 saturated carbocycles. The molecule has 86 valence electrons. The van der Waals surface area contributed by atoms with Crippen molar-refractivity contribution in [3.05, 3.63) is 12.3 Å². The van der Waals surface area contributed by atoms with Crippen molar-refractivity contribution in [1.82, 2.24) is 9.80 Å². The highest BCUT2D eigenvalue weighted by Crippen LogP contribution is 2.23. The van der Waals surface area contributed by atoms with Crippen LogP contribution in [0.25, 0.3) is 0 Å². The number of nitrogens with zero attached hydrogens (tertiary/aromatic N) is 2. The van der Waals surface area contributed by atoms with Gasteiger partial charge in [0.2, 0.25) is 0 Å². The third-order valence-corrected chi connectivity index (χ3v) is 3.80. The van der Waals surface area contributed by atoms with E-state index in [0.717, 1.165) is 6.04 Å². The maximum Gasteiger partial charge on any atom is 0.0300 e. The lowest BCUT2D eigenvalue weighted by molar-refractivity contribution is 0.0995. The third-order valence-electron chi connectivity index (χ3n) is 3.80. The first-order valence-corrected chi connectivity index (χ1v) is 6.51. The number of rotatable bonds is 2. The quantitative estimate of drug-likeness (QED) is 0.688. The summed E-state index contributed by atoms with van der Waals surface area (Å²) in [5, 5.41) is 0. The van der Waals surface area contributed by atoms with Gasteiger partial charge in [0.25, 0.3) is 0 Å². The predicted octanol–water partition coefficient (Wildman–Crippen LogP) is 2.47. The van der Waals surface area contributed by atoms with Crippen molar-refractivity contribution in [3.63, 3.8) is 0 Å². The molecule has 0 aromatic heterocycles. The minimum atomic E-state index is 0.909. The summed E-state index contributed by atoms with van der Waals surface area (Å²) in [5.41, 5.74) is 0. The van der Waals surface area contributed by atoms with Crippen LogP contribution in [0.4, 0.5) is 0 Å². The summed E-state index contributed by atoms with van der Waals surface area (Å²) in [5.74, 6) is 0. The van der Waals surface area contributed by atoms with Crippen LogP contribution in [0.3, 0.4) is 0 Å². The van der Waals surface area contributed by atoms with Crippen molar-refractivity contribution in [2.75, 3.05) is 26.2 Å². The highest BCUT2D eigenvalue weighted by Gasteiger charge is 2.23. The Hall–Kier alpha value is -0.500. The molecule has 1 aliphatic heterocycles. The maximum atomic E-state index is 2.72. The van der Waals surface area contributed by atoms with Gasteiger partial charge in [-0.1, -0.05) is 25.3 Å². The molecular weight excluding hydrogens is 184 g/mol. The second-order valence-electron chi connectivity index (χ2n) is 4.85. The topological polar surface area (TPSA) is 6.48 Å². The summed E-state index contributed by atoms with van der Waals surface area (Å²) in [7, 11) is 0. The molecule has 2 fully saturated rings. The summed E-state index contributed by atoms with van der Waals surface area (Å²) in [6.07, 6.45) is 11.7. The van der Waals surface area contributed by atoms with Crippen LogP contribution in [-0.4, -0.2) is 42.0 Å². The Kier molecular flexibility index (Phi) is 4.07. The van der Waals surface area contributed by atoms with Gasteiger partial charge in [-0.05, 0) is 26.0 Å². The Morgan fingerprint density at radius 2 is 1.60 bits per heavy atom. The molecule has 0 unspecified atom stereocenters. The van der Waals surface area contributed by atoms with Gasteiger partial charge in [-0.3, -0.25) is 4.90 Å². The van der Waals surface area contributed by atoms with E-state index >= 15 is 0 Å². The summed E-state index contributed by atoms with van der Waals surface area (Å²) in [6.45, 7) is 7.10. The molecule has 1 aliphatic carbocycles. The van der Waals surface area contributed by atoms with E-state index in [9.17, 15) is 0 Å². The lowest BCUT2D eigenvalue weighted by atomic mass is 9.94. The van der Waals surface area contributed by atoms with Crippen LogP contribution >= 0.6 is 0 Å². The van der Waals surface area contributed by atoms with Crippen LogP contribution in [0.2, 0.25) is 0 Å². The molecule has 2 aliphatic rings. The van der Waals surface area contributed by atoms with Gasteiger partial charge in [0.1, 0.15) is 0 Å². The van der Waals surface area contributed by atoms with E-state index in [4.69, 9.17) is 0 Å². The molecular formula is C13H24N2. The smallest absolute Gasteiger partial charge is 0.0300 e. The molecule has 2 nitrogen and oxygen atoms in total. The molecule has 0 atom stereocenters. The molecule has 0 amide bonds. The first-order chi connectivity index (χ1) is 7.40. The van der Waals surface area contributed by atoms with Crippen molar-refractivity contribution >= 4 is 0 Å². The van der Waals surface area contributed by atoms with Crippen LogP contribution in [-0.2, 0) is 0 Å². The number of hydrogen-bond acceptors (Lipinski definition) is 2. The van der Waals surface area contributed by atoms with Gasteiger partial charge in [0, 0.05) is 32.2 Å².